The number of hydrogen-bond acceptors (Lipinski definition) is 3. The van der Waals surface area contributed by atoms with Gasteiger partial charge in [0.1, 0.15) is 5.75 Å². The van der Waals surface area contributed by atoms with Crippen LogP contribution in [0, 0.1) is 0 Å². The van der Waals surface area contributed by atoms with E-state index in [4.69, 9.17) is 4.74 Å². The summed E-state index contributed by atoms with van der Waals surface area (Å²) in [6.45, 7) is 2.49. The number of aromatic amines is 1. The predicted molar refractivity (Wildman–Crippen MR) is 95.4 cm³/mol. The van der Waals surface area contributed by atoms with Crippen molar-refractivity contribution in [3.63, 3.8) is 0 Å². The van der Waals surface area contributed by atoms with Gasteiger partial charge in [0, 0.05) is 48.2 Å². The lowest BCUT2D eigenvalue weighted by Crippen LogP contribution is -2.34. The fourth-order valence-electron chi connectivity index (χ4n) is 3.41. The molecule has 0 bridgehead atoms. The third kappa shape index (κ3) is 2.69. The van der Waals surface area contributed by atoms with Crippen LogP contribution in [0.15, 0.2) is 53.3 Å². The van der Waals surface area contributed by atoms with Gasteiger partial charge in [-0.15, -0.1) is 0 Å². The molecule has 2 heterocycles. The van der Waals surface area contributed by atoms with Gasteiger partial charge in [0.2, 0.25) is 0 Å². The normalized spacial score (nSPS) is 14.5. The molecule has 0 saturated carbocycles. The van der Waals surface area contributed by atoms with Gasteiger partial charge in [0.25, 0.3) is 0 Å². The highest BCUT2D eigenvalue weighted by atomic mass is 16.5. The fourth-order valence-corrected chi connectivity index (χ4v) is 3.41. The minimum atomic E-state index is 0.166. The van der Waals surface area contributed by atoms with E-state index in [1.54, 1.807) is 7.11 Å². The Labute approximate surface area is 140 Å². The Hall–Kier alpha value is -2.59. The highest BCUT2D eigenvalue weighted by Gasteiger charge is 2.20. The first-order valence-electron chi connectivity index (χ1n) is 8.22. The average Bonchev–Trinajstić information content (AvgIpc) is 2.63. The zero-order valence-electron chi connectivity index (χ0n) is 13.7. The molecule has 0 saturated heterocycles. The van der Waals surface area contributed by atoms with Gasteiger partial charge in [-0.25, -0.2) is 0 Å². The van der Waals surface area contributed by atoms with Crippen LogP contribution in [0.25, 0.3) is 10.9 Å². The molecule has 0 aliphatic carbocycles. The van der Waals surface area contributed by atoms with Crippen molar-refractivity contribution >= 4 is 10.9 Å². The van der Waals surface area contributed by atoms with Crippen molar-refractivity contribution in [1.29, 1.82) is 0 Å². The van der Waals surface area contributed by atoms with Gasteiger partial charge in [-0.05, 0) is 29.8 Å². The van der Waals surface area contributed by atoms with Gasteiger partial charge in [-0.2, -0.15) is 0 Å². The Morgan fingerprint density at radius 3 is 2.71 bits per heavy atom. The highest BCUT2D eigenvalue weighted by molar-refractivity contribution is 5.79. The second kappa shape index (κ2) is 6.13. The summed E-state index contributed by atoms with van der Waals surface area (Å²) in [7, 11) is 1.67. The first-order valence-corrected chi connectivity index (χ1v) is 8.22. The molecule has 3 aromatic rings. The zero-order valence-corrected chi connectivity index (χ0v) is 13.7. The summed E-state index contributed by atoms with van der Waals surface area (Å²) >= 11 is 0. The Kier molecular flexibility index (Phi) is 3.82. The number of hydrogen-bond donors (Lipinski definition) is 1. The smallest absolute Gasteiger partial charge is 0.194 e. The number of pyridine rings is 1. The van der Waals surface area contributed by atoms with E-state index < -0.39 is 0 Å². The predicted octanol–water partition coefficient (Wildman–Crippen LogP) is 3.10. The lowest BCUT2D eigenvalue weighted by molar-refractivity contribution is 0.243. The molecule has 2 aromatic carbocycles. The van der Waals surface area contributed by atoms with Gasteiger partial charge >= 0.3 is 0 Å². The van der Waals surface area contributed by atoms with Crippen LogP contribution in [-0.2, 0) is 19.5 Å². The summed E-state index contributed by atoms with van der Waals surface area (Å²) in [5.41, 5.74) is 4.33. The molecule has 0 atom stereocenters. The van der Waals surface area contributed by atoms with Gasteiger partial charge in [0.15, 0.2) is 5.43 Å². The molecule has 122 valence electrons. The first-order chi connectivity index (χ1) is 11.7. The zero-order chi connectivity index (χ0) is 16.5. The highest BCUT2D eigenvalue weighted by Crippen LogP contribution is 2.20. The summed E-state index contributed by atoms with van der Waals surface area (Å²) in [4.78, 5) is 18.6. The summed E-state index contributed by atoms with van der Waals surface area (Å²) < 4.78 is 5.20. The van der Waals surface area contributed by atoms with Gasteiger partial charge in [-0.3, -0.25) is 9.69 Å². The van der Waals surface area contributed by atoms with E-state index in [0.717, 1.165) is 47.4 Å². The van der Waals surface area contributed by atoms with Crippen LogP contribution < -0.4 is 10.2 Å². The molecular formula is C20H20N2O2. The number of para-hydroxylation sites is 1. The Bertz CT molecular complexity index is 929. The first kappa shape index (κ1) is 15.0. The second-order valence-corrected chi connectivity index (χ2v) is 6.27. The Morgan fingerprint density at radius 1 is 1.12 bits per heavy atom. The molecule has 1 N–H and O–H groups in total. The molecule has 4 nitrogen and oxygen atoms in total. The van der Waals surface area contributed by atoms with E-state index in [9.17, 15) is 4.79 Å². The molecule has 1 aliphatic rings. The molecule has 0 fully saturated rings. The maximum Gasteiger partial charge on any atom is 0.194 e. The van der Waals surface area contributed by atoms with Gasteiger partial charge in [-0.1, -0.05) is 24.3 Å². The summed E-state index contributed by atoms with van der Waals surface area (Å²) in [6, 6.07) is 15.9. The van der Waals surface area contributed by atoms with Crippen molar-refractivity contribution in [2.24, 2.45) is 0 Å². The molecule has 1 aromatic heterocycles. The van der Waals surface area contributed by atoms with Crippen molar-refractivity contribution in [2.45, 2.75) is 19.5 Å². The van der Waals surface area contributed by atoms with Crippen molar-refractivity contribution in [2.75, 3.05) is 13.7 Å². The lowest BCUT2D eigenvalue weighted by Gasteiger charge is -2.28. The topological polar surface area (TPSA) is 45.3 Å². The maximum absolute atomic E-state index is 12.8. The number of rotatable bonds is 3. The quantitative estimate of drug-likeness (QED) is 0.806. The number of aromatic nitrogens is 1. The minimum absolute atomic E-state index is 0.166. The lowest BCUT2D eigenvalue weighted by atomic mass is 10.0. The third-order valence-corrected chi connectivity index (χ3v) is 4.72. The number of ether oxygens (including phenoxy) is 1. The van der Waals surface area contributed by atoms with Crippen LogP contribution in [0.3, 0.4) is 0 Å². The summed E-state index contributed by atoms with van der Waals surface area (Å²) in [5.74, 6) is 0.866. The number of nitrogens with zero attached hydrogens (tertiary/aromatic N) is 1. The molecule has 0 unspecified atom stereocenters. The largest absolute Gasteiger partial charge is 0.497 e. The SMILES string of the molecule is COc1ccc(CN2CCc3[nH]c4ccccc4c(=O)c3C2)cc1. The van der Waals surface area contributed by atoms with Crippen LogP contribution >= 0.6 is 0 Å². The molecular weight excluding hydrogens is 300 g/mol. The number of benzene rings is 2. The van der Waals surface area contributed by atoms with Gasteiger partial charge < -0.3 is 9.72 Å². The summed E-state index contributed by atoms with van der Waals surface area (Å²) in [5, 5.41) is 0.780. The van der Waals surface area contributed by atoms with Gasteiger partial charge in [0.05, 0.1) is 7.11 Å². The van der Waals surface area contributed by atoms with E-state index in [1.165, 1.54) is 5.56 Å². The molecule has 0 spiro atoms. The third-order valence-electron chi connectivity index (χ3n) is 4.72. The molecule has 24 heavy (non-hydrogen) atoms. The molecule has 1 aliphatic heterocycles. The maximum atomic E-state index is 12.8. The molecule has 0 radical (unpaired) electrons. The summed E-state index contributed by atoms with van der Waals surface area (Å²) in [6.07, 6.45) is 0.881. The second-order valence-electron chi connectivity index (χ2n) is 6.27. The van der Waals surface area contributed by atoms with Crippen molar-refractivity contribution in [3.05, 3.63) is 75.6 Å². The van der Waals surface area contributed by atoms with Crippen LogP contribution in [0.5, 0.6) is 5.75 Å². The monoisotopic (exact) mass is 320 g/mol. The fraction of sp³-hybridized carbons (Fsp3) is 0.250. The van der Waals surface area contributed by atoms with Crippen molar-refractivity contribution in [1.82, 2.24) is 9.88 Å². The Balaban J connectivity index is 1.61. The van der Waals surface area contributed by atoms with Crippen LogP contribution in [0.4, 0.5) is 0 Å². The average molecular weight is 320 g/mol. The molecule has 4 heteroatoms. The van der Waals surface area contributed by atoms with E-state index in [0.29, 0.717) is 6.54 Å². The van der Waals surface area contributed by atoms with Crippen molar-refractivity contribution in [3.8, 4) is 5.75 Å². The van der Waals surface area contributed by atoms with Crippen molar-refractivity contribution < 1.29 is 4.74 Å². The van der Waals surface area contributed by atoms with E-state index >= 15 is 0 Å². The number of methoxy groups -OCH3 is 1. The number of H-pyrrole nitrogens is 1. The van der Waals surface area contributed by atoms with E-state index in [-0.39, 0.29) is 5.43 Å². The van der Waals surface area contributed by atoms with Crippen LogP contribution in [0.2, 0.25) is 0 Å². The Morgan fingerprint density at radius 2 is 1.92 bits per heavy atom. The van der Waals surface area contributed by atoms with E-state index in [2.05, 4.69) is 22.0 Å². The van der Waals surface area contributed by atoms with Crippen LogP contribution in [0.1, 0.15) is 16.8 Å². The number of fused-ring (bicyclic) bond motifs is 2. The minimum Gasteiger partial charge on any atom is -0.497 e. The molecule has 0 amide bonds. The standard InChI is InChI=1S/C20H20N2O2/c1-24-15-8-6-14(7-9-15)12-22-11-10-19-17(13-22)20(23)16-4-2-3-5-18(16)21-19/h2-9H,10-13H2,1H3,(H,21,23). The number of nitrogens with one attached hydrogen (secondary N) is 1. The van der Waals surface area contributed by atoms with Crippen LogP contribution in [-0.4, -0.2) is 23.5 Å². The van der Waals surface area contributed by atoms with E-state index in [1.807, 2.05) is 36.4 Å². The molecule has 4 rings (SSSR count).